The number of anilines is 2. The van der Waals surface area contributed by atoms with Gasteiger partial charge in [0.2, 0.25) is 11.8 Å². The van der Waals surface area contributed by atoms with Gasteiger partial charge < -0.3 is 9.84 Å². The van der Waals surface area contributed by atoms with Crippen molar-refractivity contribution >= 4 is 69.2 Å². The molecule has 8 rings (SSSR count). The molecule has 2 aliphatic heterocycles. The first kappa shape index (κ1) is 33.5. The number of benzene rings is 4. The quantitative estimate of drug-likeness (QED) is 0.121. The lowest BCUT2D eigenvalue weighted by Gasteiger charge is -2.50. The van der Waals surface area contributed by atoms with Crippen molar-refractivity contribution in [2.75, 3.05) is 17.4 Å². The topological polar surface area (TPSA) is 116 Å². The molecule has 2 heterocycles. The van der Waals surface area contributed by atoms with Gasteiger partial charge in [0.05, 0.1) is 46.7 Å². The SMILES string of the molecule is COc1cc([C@H]2C3=CC[C@@H]4C(=O)N(c5ccc(I)cc5)C(=O)[C@@H]4[C@@H]3C[C@H]3C(=O)N(Nc4ccc(C)cc4)C(=O)[C@@]23c2ccccc2)cc(Cl)c1O. The van der Waals surface area contributed by atoms with Crippen LogP contribution in [0.4, 0.5) is 11.4 Å². The lowest BCUT2D eigenvalue weighted by Crippen LogP contribution is -2.53. The van der Waals surface area contributed by atoms with Crippen LogP contribution in [0, 0.1) is 34.2 Å². The van der Waals surface area contributed by atoms with Crippen LogP contribution in [0.2, 0.25) is 5.02 Å². The van der Waals surface area contributed by atoms with E-state index in [1.165, 1.54) is 12.0 Å². The summed E-state index contributed by atoms with van der Waals surface area (Å²) in [6.07, 6.45) is 2.43. The molecule has 9 nitrogen and oxygen atoms in total. The number of hydrazine groups is 1. The number of hydrogen-bond acceptors (Lipinski definition) is 7. The Kier molecular flexibility index (Phi) is 8.22. The van der Waals surface area contributed by atoms with E-state index in [4.69, 9.17) is 16.3 Å². The van der Waals surface area contributed by atoms with Crippen LogP contribution in [0.25, 0.3) is 0 Å². The molecule has 258 valence electrons. The maximum Gasteiger partial charge on any atom is 0.260 e. The Morgan fingerprint density at radius 1 is 0.902 bits per heavy atom. The highest BCUT2D eigenvalue weighted by atomic mass is 127. The molecular weight excluding hydrogens is 781 g/mol. The number of fused-ring (bicyclic) bond motifs is 4. The van der Waals surface area contributed by atoms with E-state index in [9.17, 15) is 19.5 Å². The van der Waals surface area contributed by atoms with Crippen molar-refractivity contribution in [1.29, 1.82) is 0 Å². The maximum atomic E-state index is 15.3. The van der Waals surface area contributed by atoms with Gasteiger partial charge in [0.25, 0.3) is 11.8 Å². The molecular formula is C40H33ClIN3O6. The van der Waals surface area contributed by atoms with Gasteiger partial charge in [-0.1, -0.05) is 71.3 Å². The van der Waals surface area contributed by atoms with Gasteiger partial charge in [0.15, 0.2) is 11.5 Å². The van der Waals surface area contributed by atoms with E-state index in [1.807, 2.05) is 79.7 Å². The number of aromatic hydroxyl groups is 1. The fourth-order valence-corrected chi connectivity index (χ4v) is 9.46. The second-order valence-corrected chi connectivity index (χ2v) is 15.3. The molecule has 2 aliphatic carbocycles. The predicted molar refractivity (Wildman–Crippen MR) is 200 cm³/mol. The molecule has 2 saturated heterocycles. The minimum absolute atomic E-state index is 0.0175. The molecule has 0 spiro atoms. The number of allylic oxidation sites excluding steroid dienone is 2. The number of rotatable bonds is 6. The lowest BCUT2D eigenvalue weighted by molar-refractivity contribution is -0.138. The summed E-state index contributed by atoms with van der Waals surface area (Å²) in [5, 5.41) is 11.9. The summed E-state index contributed by atoms with van der Waals surface area (Å²) in [5.41, 5.74) is 5.68. The summed E-state index contributed by atoms with van der Waals surface area (Å²) in [6.45, 7) is 1.95. The number of imide groups is 2. The first-order valence-electron chi connectivity index (χ1n) is 16.7. The number of phenols is 1. The second-order valence-electron chi connectivity index (χ2n) is 13.6. The summed E-state index contributed by atoms with van der Waals surface area (Å²) >= 11 is 8.82. The summed E-state index contributed by atoms with van der Waals surface area (Å²) < 4.78 is 6.51. The van der Waals surface area contributed by atoms with Crippen molar-refractivity contribution < 1.29 is 29.0 Å². The van der Waals surface area contributed by atoms with Crippen molar-refractivity contribution in [3.8, 4) is 11.5 Å². The monoisotopic (exact) mass is 813 g/mol. The molecule has 3 fully saturated rings. The molecule has 4 amide bonds. The standard InChI is InChI=1S/C40H33ClIN3O6/c1-21-8-12-25(13-9-21)43-45-37(48)30-20-29-27(16-17-28-33(29)38(49)44(36(28)47)26-14-10-24(42)11-15-26)34(22-18-31(41)35(46)32(19-22)51-2)40(30,39(45)50)23-6-4-3-5-7-23/h3-16,18-19,28-30,33-34,43,46H,17,20H2,1-2H3/t28-,29+,30-,33-,34-,40+/m0/s1. The Balaban J connectivity index is 1.34. The van der Waals surface area contributed by atoms with Crippen LogP contribution in [0.3, 0.4) is 0 Å². The fraction of sp³-hybridized carbons (Fsp3) is 0.250. The molecule has 4 aromatic rings. The summed E-state index contributed by atoms with van der Waals surface area (Å²) in [6, 6.07) is 27.1. The van der Waals surface area contributed by atoms with Gasteiger partial charge in [0.1, 0.15) is 0 Å². The molecule has 0 aromatic heterocycles. The zero-order chi connectivity index (χ0) is 35.8. The molecule has 4 aromatic carbocycles. The zero-order valence-electron chi connectivity index (χ0n) is 27.7. The number of ether oxygens (including phenoxy) is 1. The van der Waals surface area contributed by atoms with Gasteiger partial charge in [-0.15, -0.1) is 0 Å². The van der Waals surface area contributed by atoms with E-state index in [-0.39, 0.29) is 41.2 Å². The van der Waals surface area contributed by atoms with Gasteiger partial charge in [-0.3, -0.25) is 29.5 Å². The van der Waals surface area contributed by atoms with Gasteiger partial charge in [-0.2, -0.15) is 5.01 Å². The maximum absolute atomic E-state index is 15.3. The molecule has 0 unspecified atom stereocenters. The Hall–Kier alpha value is -4.68. The number of methoxy groups -OCH3 is 1. The minimum Gasteiger partial charge on any atom is -0.503 e. The third-order valence-corrected chi connectivity index (χ3v) is 12.1. The fourth-order valence-electron chi connectivity index (χ4n) is 8.88. The molecule has 6 atom stereocenters. The van der Waals surface area contributed by atoms with Gasteiger partial charge in [0, 0.05) is 9.49 Å². The van der Waals surface area contributed by atoms with E-state index in [0.717, 1.165) is 19.7 Å². The molecule has 0 radical (unpaired) electrons. The highest BCUT2D eigenvalue weighted by molar-refractivity contribution is 14.1. The largest absolute Gasteiger partial charge is 0.503 e. The van der Waals surface area contributed by atoms with Crippen molar-refractivity contribution in [1.82, 2.24) is 5.01 Å². The highest BCUT2D eigenvalue weighted by Gasteiger charge is 2.70. The van der Waals surface area contributed by atoms with Crippen molar-refractivity contribution in [3.63, 3.8) is 0 Å². The van der Waals surface area contributed by atoms with E-state index >= 15 is 4.79 Å². The zero-order valence-corrected chi connectivity index (χ0v) is 30.6. The smallest absolute Gasteiger partial charge is 0.260 e. The first-order chi connectivity index (χ1) is 24.6. The molecule has 1 saturated carbocycles. The molecule has 2 N–H and O–H groups in total. The van der Waals surface area contributed by atoms with Crippen LogP contribution in [0.1, 0.15) is 35.4 Å². The Morgan fingerprint density at radius 2 is 1.61 bits per heavy atom. The highest BCUT2D eigenvalue weighted by Crippen LogP contribution is 2.64. The van der Waals surface area contributed by atoms with E-state index in [1.54, 1.807) is 24.3 Å². The summed E-state index contributed by atoms with van der Waals surface area (Å²) in [7, 11) is 1.42. The molecule has 0 bridgehead atoms. The van der Waals surface area contributed by atoms with Gasteiger partial charge >= 0.3 is 0 Å². The third-order valence-electron chi connectivity index (χ3n) is 11.1. The second kappa shape index (κ2) is 12.5. The van der Waals surface area contributed by atoms with Crippen molar-refractivity contribution in [2.24, 2.45) is 23.7 Å². The number of aryl methyl sites for hydroxylation is 1. The number of carbonyl (C=O) groups excluding carboxylic acids is 4. The number of amides is 4. The van der Waals surface area contributed by atoms with Crippen LogP contribution in [-0.2, 0) is 24.6 Å². The predicted octanol–water partition coefficient (Wildman–Crippen LogP) is 7.16. The molecule has 4 aliphatic rings. The Morgan fingerprint density at radius 3 is 2.29 bits per heavy atom. The van der Waals surface area contributed by atoms with Crippen LogP contribution < -0.4 is 15.1 Å². The normalized spacial score (nSPS) is 26.8. The van der Waals surface area contributed by atoms with Crippen LogP contribution in [0.15, 0.2) is 103 Å². The number of carbonyl (C=O) groups is 4. The van der Waals surface area contributed by atoms with E-state index in [2.05, 4.69) is 28.0 Å². The van der Waals surface area contributed by atoms with Gasteiger partial charge in [-0.25, -0.2) is 0 Å². The van der Waals surface area contributed by atoms with Crippen LogP contribution >= 0.6 is 34.2 Å². The minimum atomic E-state index is -1.47. The number of nitrogens with zero attached hydrogens (tertiary/aromatic N) is 2. The third kappa shape index (κ3) is 5.01. The molecule has 11 heteroatoms. The van der Waals surface area contributed by atoms with Crippen LogP contribution in [0.5, 0.6) is 11.5 Å². The number of hydrogen-bond donors (Lipinski definition) is 2. The number of nitrogens with one attached hydrogen (secondary N) is 1. The van der Waals surface area contributed by atoms with E-state index in [0.29, 0.717) is 22.5 Å². The van der Waals surface area contributed by atoms with Crippen molar-refractivity contribution in [2.45, 2.75) is 31.1 Å². The Labute approximate surface area is 313 Å². The molecule has 51 heavy (non-hydrogen) atoms. The number of phenolic OH excluding ortho intramolecular Hbond substituents is 1. The average molecular weight is 814 g/mol. The average Bonchev–Trinajstić information content (AvgIpc) is 3.51. The van der Waals surface area contributed by atoms with Crippen molar-refractivity contribution in [3.05, 3.63) is 128 Å². The lowest BCUT2D eigenvalue weighted by atomic mass is 9.49. The summed E-state index contributed by atoms with van der Waals surface area (Å²) in [4.78, 5) is 59.9. The van der Waals surface area contributed by atoms with Crippen LogP contribution in [-0.4, -0.2) is 40.9 Å². The Bertz CT molecular complexity index is 2140. The van der Waals surface area contributed by atoms with Gasteiger partial charge in [-0.05, 0) is 108 Å². The summed E-state index contributed by atoms with van der Waals surface area (Å²) in [5.74, 6) is -5.27. The van der Waals surface area contributed by atoms with E-state index < -0.39 is 46.8 Å². The first-order valence-corrected chi connectivity index (χ1v) is 18.2. The number of halogens is 2.